The Balaban J connectivity index is 1.61. The zero-order chi connectivity index (χ0) is 20.3. The lowest BCUT2D eigenvalue weighted by molar-refractivity contribution is 0.0628. The zero-order valence-corrected chi connectivity index (χ0v) is 17.7. The van der Waals surface area contributed by atoms with Gasteiger partial charge in [0.05, 0.1) is 16.3 Å². The Labute approximate surface area is 175 Å². The summed E-state index contributed by atoms with van der Waals surface area (Å²) in [6.07, 6.45) is 1.08. The first-order valence-electron chi connectivity index (χ1n) is 8.75. The van der Waals surface area contributed by atoms with Crippen LogP contribution < -0.4 is 4.72 Å². The Morgan fingerprint density at radius 1 is 1.07 bits per heavy atom. The van der Waals surface area contributed by atoms with E-state index in [1.165, 1.54) is 0 Å². The van der Waals surface area contributed by atoms with E-state index in [1.54, 1.807) is 35.2 Å². The van der Waals surface area contributed by atoms with E-state index in [-0.39, 0.29) is 5.91 Å². The molecule has 1 heterocycles. The van der Waals surface area contributed by atoms with Crippen LogP contribution in [0.2, 0.25) is 10.0 Å². The quantitative estimate of drug-likeness (QED) is 0.772. The van der Waals surface area contributed by atoms with Crippen LogP contribution in [0.5, 0.6) is 0 Å². The number of benzene rings is 2. The van der Waals surface area contributed by atoms with Crippen molar-refractivity contribution in [1.82, 2.24) is 9.80 Å². The molecule has 6 nitrogen and oxygen atoms in total. The van der Waals surface area contributed by atoms with E-state index in [0.717, 1.165) is 24.9 Å². The normalized spacial score (nSPS) is 15.5. The summed E-state index contributed by atoms with van der Waals surface area (Å²) in [6.45, 7) is 3.28. The number of carbonyl (C=O) groups is 1. The number of amides is 1. The molecule has 1 fully saturated rings. The number of piperazine rings is 1. The smallest absolute Gasteiger partial charge is 0.254 e. The van der Waals surface area contributed by atoms with Crippen LogP contribution in [0, 0.1) is 0 Å². The molecule has 3 rings (SSSR count). The van der Waals surface area contributed by atoms with Crippen LogP contribution in [0.25, 0.3) is 0 Å². The fraction of sp³-hybridized carbons (Fsp3) is 0.316. The molecule has 1 amide bonds. The highest BCUT2D eigenvalue weighted by molar-refractivity contribution is 7.92. The Kier molecular flexibility index (Phi) is 6.50. The summed E-state index contributed by atoms with van der Waals surface area (Å²) in [5.41, 5.74) is 1.80. The van der Waals surface area contributed by atoms with Crippen LogP contribution in [0.15, 0.2) is 42.5 Å². The zero-order valence-electron chi connectivity index (χ0n) is 15.4. The lowest BCUT2D eigenvalue weighted by Gasteiger charge is -2.35. The Hall–Kier alpha value is -1.80. The van der Waals surface area contributed by atoms with Gasteiger partial charge < -0.3 is 4.90 Å². The van der Waals surface area contributed by atoms with Gasteiger partial charge in [-0.1, -0.05) is 41.4 Å². The van der Waals surface area contributed by atoms with Gasteiger partial charge in [-0.2, -0.15) is 0 Å². The standard InChI is InChI=1S/C19H21Cl2N3O3S/c1-28(26,27)22-16-6-2-4-14(12-16)19(25)24-10-8-23(9-11-24)13-15-5-3-7-17(20)18(15)21/h2-7,12,22H,8-11,13H2,1H3. The molecule has 28 heavy (non-hydrogen) atoms. The lowest BCUT2D eigenvalue weighted by Crippen LogP contribution is -2.48. The summed E-state index contributed by atoms with van der Waals surface area (Å²) in [5, 5.41) is 1.11. The predicted molar refractivity (Wildman–Crippen MR) is 113 cm³/mol. The van der Waals surface area contributed by atoms with Crippen molar-refractivity contribution >= 4 is 44.8 Å². The number of halogens is 2. The third-order valence-electron chi connectivity index (χ3n) is 4.50. The molecule has 0 saturated carbocycles. The van der Waals surface area contributed by atoms with Gasteiger partial charge in [0.1, 0.15) is 0 Å². The Bertz CT molecular complexity index is 974. The average molecular weight is 442 g/mol. The van der Waals surface area contributed by atoms with E-state index in [9.17, 15) is 13.2 Å². The SMILES string of the molecule is CS(=O)(=O)Nc1cccc(C(=O)N2CCN(Cc3cccc(Cl)c3Cl)CC2)c1. The summed E-state index contributed by atoms with van der Waals surface area (Å²) in [6, 6.07) is 12.1. The van der Waals surface area contributed by atoms with Gasteiger partial charge in [-0.05, 0) is 29.8 Å². The van der Waals surface area contributed by atoms with Gasteiger partial charge in [0.2, 0.25) is 10.0 Å². The number of nitrogens with one attached hydrogen (secondary N) is 1. The van der Waals surface area contributed by atoms with Crippen LogP contribution in [-0.4, -0.2) is 56.6 Å². The Morgan fingerprint density at radius 3 is 2.43 bits per heavy atom. The topological polar surface area (TPSA) is 69.7 Å². The van der Waals surface area contributed by atoms with E-state index < -0.39 is 10.0 Å². The highest BCUT2D eigenvalue weighted by Gasteiger charge is 2.23. The maximum absolute atomic E-state index is 12.8. The molecule has 1 aliphatic heterocycles. The third kappa shape index (κ3) is 5.38. The molecule has 2 aromatic rings. The van der Waals surface area contributed by atoms with Gasteiger partial charge >= 0.3 is 0 Å². The summed E-state index contributed by atoms with van der Waals surface area (Å²) in [7, 11) is -3.39. The van der Waals surface area contributed by atoms with Crippen molar-refractivity contribution in [3.8, 4) is 0 Å². The maximum Gasteiger partial charge on any atom is 0.254 e. The predicted octanol–water partition coefficient (Wildman–Crippen LogP) is 3.32. The fourth-order valence-corrected chi connectivity index (χ4v) is 4.07. The van der Waals surface area contributed by atoms with E-state index in [4.69, 9.17) is 23.2 Å². The number of hydrogen-bond donors (Lipinski definition) is 1. The van der Waals surface area contributed by atoms with Crippen molar-refractivity contribution in [1.29, 1.82) is 0 Å². The molecule has 0 aliphatic carbocycles. The number of sulfonamides is 1. The van der Waals surface area contributed by atoms with E-state index in [2.05, 4.69) is 9.62 Å². The minimum absolute atomic E-state index is 0.113. The van der Waals surface area contributed by atoms with Crippen molar-refractivity contribution in [2.75, 3.05) is 37.2 Å². The van der Waals surface area contributed by atoms with Crippen molar-refractivity contribution in [3.05, 3.63) is 63.6 Å². The molecule has 0 aromatic heterocycles. The van der Waals surface area contributed by atoms with E-state index in [1.807, 2.05) is 12.1 Å². The largest absolute Gasteiger partial charge is 0.336 e. The fourth-order valence-electron chi connectivity index (χ4n) is 3.13. The number of hydrogen-bond acceptors (Lipinski definition) is 4. The first kappa shape index (κ1) is 20.9. The highest BCUT2D eigenvalue weighted by Crippen LogP contribution is 2.27. The second-order valence-corrected chi connectivity index (χ2v) is 9.27. The number of anilines is 1. The molecular weight excluding hydrogens is 421 g/mol. The van der Waals surface area contributed by atoms with Gasteiger partial charge in [-0.25, -0.2) is 8.42 Å². The maximum atomic E-state index is 12.8. The summed E-state index contributed by atoms with van der Waals surface area (Å²) in [4.78, 5) is 16.8. The van der Waals surface area contributed by atoms with Gasteiger partial charge in [0.25, 0.3) is 5.91 Å². The Morgan fingerprint density at radius 2 is 1.75 bits per heavy atom. The molecule has 2 aromatic carbocycles. The molecule has 0 radical (unpaired) electrons. The minimum Gasteiger partial charge on any atom is -0.336 e. The molecule has 1 N–H and O–H groups in total. The number of rotatable bonds is 5. The first-order valence-corrected chi connectivity index (χ1v) is 11.4. The summed E-state index contributed by atoms with van der Waals surface area (Å²) in [5.74, 6) is -0.113. The molecule has 0 spiro atoms. The molecular formula is C19H21Cl2N3O3S. The molecule has 150 valence electrons. The highest BCUT2D eigenvalue weighted by atomic mass is 35.5. The molecule has 0 bridgehead atoms. The molecule has 0 atom stereocenters. The molecule has 9 heteroatoms. The van der Waals surface area contributed by atoms with Crippen LogP contribution in [0.3, 0.4) is 0 Å². The van der Waals surface area contributed by atoms with Crippen molar-refractivity contribution in [2.24, 2.45) is 0 Å². The van der Waals surface area contributed by atoms with Gasteiger partial charge in [0, 0.05) is 44.0 Å². The van der Waals surface area contributed by atoms with Crippen LogP contribution >= 0.6 is 23.2 Å². The van der Waals surface area contributed by atoms with Crippen molar-refractivity contribution in [2.45, 2.75) is 6.54 Å². The van der Waals surface area contributed by atoms with Crippen molar-refractivity contribution in [3.63, 3.8) is 0 Å². The summed E-state index contributed by atoms with van der Waals surface area (Å²) >= 11 is 12.3. The molecule has 1 saturated heterocycles. The van der Waals surface area contributed by atoms with Crippen LogP contribution in [0.4, 0.5) is 5.69 Å². The lowest BCUT2D eigenvalue weighted by atomic mass is 10.1. The van der Waals surface area contributed by atoms with E-state index >= 15 is 0 Å². The van der Waals surface area contributed by atoms with Gasteiger partial charge in [-0.15, -0.1) is 0 Å². The van der Waals surface area contributed by atoms with E-state index in [0.29, 0.717) is 40.9 Å². The second kappa shape index (κ2) is 8.69. The number of carbonyl (C=O) groups excluding carboxylic acids is 1. The molecule has 0 unspecified atom stereocenters. The van der Waals surface area contributed by atoms with Gasteiger partial charge in [0.15, 0.2) is 0 Å². The van der Waals surface area contributed by atoms with Crippen LogP contribution in [-0.2, 0) is 16.6 Å². The third-order valence-corrected chi connectivity index (χ3v) is 5.96. The summed E-state index contributed by atoms with van der Waals surface area (Å²) < 4.78 is 25.2. The second-order valence-electron chi connectivity index (χ2n) is 6.74. The monoisotopic (exact) mass is 441 g/mol. The van der Waals surface area contributed by atoms with Crippen LogP contribution in [0.1, 0.15) is 15.9 Å². The average Bonchev–Trinajstić information content (AvgIpc) is 2.64. The molecule has 1 aliphatic rings. The minimum atomic E-state index is -3.39. The number of nitrogens with zero attached hydrogens (tertiary/aromatic N) is 2. The van der Waals surface area contributed by atoms with Gasteiger partial charge in [-0.3, -0.25) is 14.4 Å². The van der Waals surface area contributed by atoms with Crippen molar-refractivity contribution < 1.29 is 13.2 Å². The first-order chi connectivity index (χ1) is 13.2.